The van der Waals surface area contributed by atoms with Gasteiger partial charge < -0.3 is 24.8 Å². The van der Waals surface area contributed by atoms with Crippen molar-refractivity contribution in [3.63, 3.8) is 0 Å². The fourth-order valence-electron chi connectivity index (χ4n) is 6.73. The van der Waals surface area contributed by atoms with Crippen LogP contribution in [0.4, 0.5) is 16.2 Å². The van der Waals surface area contributed by atoms with Crippen LogP contribution in [0.25, 0.3) is 0 Å². The van der Waals surface area contributed by atoms with Gasteiger partial charge >= 0.3 is 6.09 Å². The van der Waals surface area contributed by atoms with Gasteiger partial charge in [0, 0.05) is 22.9 Å². The first-order chi connectivity index (χ1) is 23.4. The molecule has 268 valence electrons. The number of hydrogen-bond acceptors (Lipinski definition) is 11. The van der Waals surface area contributed by atoms with Crippen molar-refractivity contribution in [2.75, 3.05) is 47.5 Å². The summed E-state index contributed by atoms with van der Waals surface area (Å²) in [5, 5.41) is 11.7. The Labute approximate surface area is 308 Å². The number of amides is 3. The Morgan fingerprint density at radius 1 is 0.820 bits per heavy atom. The summed E-state index contributed by atoms with van der Waals surface area (Å²) >= 11 is 3.53. The zero-order valence-corrected chi connectivity index (χ0v) is 31.5. The minimum absolute atomic E-state index is 0. The fourth-order valence-corrected chi connectivity index (χ4v) is 8.65. The number of hydrazone groups is 2. The number of rotatable bonds is 4. The topological polar surface area (TPSA) is 131 Å². The van der Waals surface area contributed by atoms with Crippen LogP contribution in [0.5, 0.6) is 0 Å². The molecule has 2 aromatic rings. The van der Waals surface area contributed by atoms with E-state index >= 15 is 0 Å². The van der Waals surface area contributed by atoms with Crippen molar-refractivity contribution in [2.24, 2.45) is 22.0 Å². The first-order valence-electron chi connectivity index (χ1n) is 16.9. The number of carbonyl (C=O) groups is 3. The minimum atomic E-state index is -0.463. The van der Waals surface area contributed by atoms with Crippen molar-refractivity contribution >= 4 is 76.9 Å². The van der Waals surface area contributed by atoms with Gasteiger partial charge in [0.05, 0.1) is 22.9 Å². The molecule has 0 aromatic heterocycles. The summed E-state index contributed by atoms with van der Waals surface area (Å²) in [4.78, 5) is 44.4. The molecule has 12 nitrogen and oxygen atoms in total. The summed E-state index contributed by atoms with van der Waals surface area (Å²) < 4.78 is 5.42. The van der Waals surface area contributed by atoms with Gasteiger partial charge in [0.15, 0.2) is 0 Å². The zero-order chi connectivity index (χ0) is 34.4. The third-order valence-electron chi connectivity index (χ3n) is 9.48. The van der Waals surface area contributed by atoms with E-state index in [4.69, 9.17) is 4.74 Å². The number of halogens is 1. The normalized spacial score (nSPS) is 22.6. The van der Waals surface area contributed by atoms with Crippen LogP contribution in [0.15, 0.2) is 56.4 Å². The second-order valence-corrected chi connectivity index (χ2v) is 16.5. The summed E-state index contributed by atoms with van der Waals surface area (Å²) in [5.41, 5.74) is 9.51. The number of ether oxygens (including phenoxy) is 1. The second-order valence-electron chi connectivity index (χ2n) is 14.5. The highest BCUT2D eigenvalue weighted by molar-refractivity contribution is 8.00. The highest BCUT2D eigenvalue weighted by Gasteiger charge is 2.37. The largest absolute Gasteiger partial charge is 0.444 e. The molecule has 0 saturated carbocycles. The molecule has 2 unspecified atom stereocenters. The van der Waals surface area contributed by atoms with Gasteiger partial charge in [0.25, 0.3) is 11.8 Å². The summed E-state index contributed by atoms with van der Waals surface area (Å²) in [6.45, 7) is 13.1. The Bertz CT molecular complexity index is 1720. The van der Waals surface area contributed by atoms with E-state index in [1.54, 1.807) is 28.4 Å². The van der Waals surface area contributed by atoms with Gasteiger partial charge in [-0.05, 0) is 108 Å². The number of carbonyl (C=O) groups excluding carboxylic acids is 3. The van der Waals surface area contributed by atoms with Crippen LogP contribution in [0.2, 0.25) is 0 Å². The fraction of sp³-hybridized carbons (Fsp3) is 0.514. The quantitative estimate of drug-likeness (QED) is 0.416. The number of nitrogens with one attached hydrogen (secondary N) is 3. The molecular weight excluding hydrogens is 696 g/mol. The van der Waals surface area contributed by atoms with Gasteiger partial charge in [-0.25, -0.2) is 15.6 Å². The van der Waals surface area contributed by atoms with E-state index in [2.05, 4.69) is 67.7 Å². The molecular formula is C35H45ClN8O4S2. The Morgan fingerprint density at radius 2 is 1.30 bits per heavy atom. The maximum absolute atomic E-state index is 12.1. The van der Waals surface area contributed by atoms with Crippen LogP contribution >= 0.6 is 35.9 Å². The summed E-state index contributed by atoms with van der Waals surface area (Å²) in [6.07, 6.45) is 1.77. The SMILES string of the molecule is CC1C(=O)NN=C2CSc3ccc(CC4CN(C(=O)OC(C)(C)C)C4)cc3N21.CC1C(=O)NN=C2CSc3ccc(CC4CNC4)cc3N21.Cl. The molecule has 0 aliphatic carbocycles. The maximum Gasteiger partial charge on any atom is 0.410 e. The molecule has 2 fully saturated rings. The lowest BCUT2D eigenvalue weighted by Gasteiger charge is -2.40. The molecule has 3 N–H and O–H groups in total. The van der Waals surface area contributed by atoms with E-state index in [1.165, 1.54) is 20.9 Å². The summed E-state index contributed by atoms with van der Waals surface area (Å²) in [5.74, 6) is 4.45. The first-order valence-corrected chi connectivity index (χ1v) is 18.9. The van der Waals surface area contributed by atoms with Crippen LogP contribution in [-0.2, 0) is 27.2 Å². The molecule has 6 aliphatic heterocycles. The van der Waals surface area contributed by atoms with Crippen molar-refractivity contribution in [3.8, 4) is 0 Å². The van der Waals surface area contributed by atoms with Crippen LogP contribution in [-0.4, -0.2) is 89.8 Å². The molecule has 50 heavy (non-hydrogen) atoms. The predicted molar refractivity (Wildman–Crippen MR) is 202 cm³/mol. The number of hydrogen-bond donors (Lipinski definition) is 3. The van der Waals surface area contributed by atoms with E-state index in [0.717, 1.165) is 79.5 Å². The van der Waals surface area contributed by atoms with Crippen molar-refractivity contribution in [1.82, 2.24) is 21.1 Å². The Kier molecular flexibility index (Phi) is 10.6. The standard InChI is InChI=1S/C20H26N4O3S.C15H18N4OS.ClH/c1-12-18(25)22-21-17-11-28-16-6-5-13(8-15(16)24(12)17)7-14-9-23(10-14)19(26)27-20(2,3)4;1-9-15(20)18-17-14-8-21-13-3-2-10(4-11-6-16-7-11)5-12(13)19(9)14;/h5-6,8,12,14H,7,9-11H2,1-4H3,(H,22,25);2-3,5,9,11,16H,4,6-8H2,1H3,(H,18,20);1H. The molecule has 6 heterocycles. The van der Waals surface area contributed by atoms with E-state index < -0.39 is 5.60 Å². The van der Waals surface area contributed by atoms with Crippen molar-refractivity contribution in [3.05, 3.63) is 47.5 Å². The smallest absolute Gasteiger partial charge is 0.410 e. The lowest BCUT2D eigenvalue weighted by Crippen LogP contribution is -2.54. The molecule has 15 heteroatoms. The summed E-state index contributed by atoms with van der Waals surface area (Å²) in [7, 11) is 0. The average molecular weight is 741 g/mol. The van der Waals surface area contributed by atoms with Gasteiger partial charge in [0.1, 0.15) is 29.4 Å². The number of fused-ring (bicyclic) bond motifs is 6. The Balaban J connectivity index is 0.000000176. The highest BCUT2D eigenvalue weighted by atomic mass is 35.5. The minimum Gasteiger partial charge on any atom is -0.444 e. The monoisotopic (exact) mass is 740 g/mol. The van der Waals surface area contributed by atoms with Gasteiger partial charge in [-0.15, -0.1) is 35.9 Å². The van der Waals surface area contributed by atoms with Crippen LogP contribution < -0.4 is 26.0 Å². The average Bonchev–Trinajstić information content (AvgIpc) is 3.03. The number of likely N-dealkylation sites (tertiary alicyclic amines) is 1. The number of nitrogens with zero attached hydrogens (tertiary/aromatic N) is 5. The van der Waals surface area contributed by atoms with E-state index in [1.807, 2.05) is 39.5 Å². The van der Waals surface area contributed by atoms with Gasteiger partial charge in [-0.1, -0.05) is 12.1 Å². The predicted octanol–water partition coefficient (Wildman–Crippen LogP) is 4.45. The van der Waals surface area contributed by atoms with Crippen molar-refractivity contribution < 1.29 is 19.1 Å². The van der Waals surface area contributed by atoms with Crippen molar-refractivity contribution in [1.29, 1.82) is 0 Å². The number of thioether (sulfide) groups is 2. The Morgan fingerprint density at radius 3 is 1.74 bits per heavy atom. The molecule has 0 radical (unpaired) electrons. The Hall–Kier alpha value is -3.46. The maximum atomic E-state index is 12.1. The van der Waals surface area contributed by atoms with Crippen LogP contribution in [0.3, 0.4) is 0 Å². The molecule has 0 spiro atoms. The molecule has 6 aliphatic rings. The lowest BCUT2D eigenvalue weighted by molar-refractivity contribution is -0.123. The van der Waals surface area contributed by atoms with Crippen LogP contribution in [0.1, 0.15) is 45.7 Å². The van der Waals surface area contributed by atoms with E-state index in [-0.39, 0.29) is 42.4 Å². The molecule has 2 saturated heterocycles. The third-order valence-corrected chi connectivity index (χ3v) is 11.6. The van der Waals surface area contributed by atoms with E-state index in [9.17, 15) is 14.4 Å². The van der Waals surface area contributed by atoms with E-state index in [0.29, 0.717) is 5.92 Å². The first kappa shape index (κ1) is 36.3. The number of benzene rings is 2. The molecule has 2 aromatic carbocycles. The molecule has 0 bridgehead atoms. The number of amidine groups is 2. The molecule has 8 rings (SSSR count). The molecule has 2 atom stereocenters. The van der Waals surface area contributed by atoms with Gasteiger partial charge in [0.2, 0.25) is 0 Å². The highest BCUT2D eigenvalue weighted by Crippen LogP contribution is 2.40. The zero-order valence-electron chi connectivity index (χ0n) is 29.0. The third kappa shape index (κ3) is 7.58. The lowest BCUT2D eigenvalue weighted by atomic mass is 9.92. The van der Waals surface area contributed by atoms with Crippen molar-refractivity contribution in [2.45, 2.75) is 74.9 Å². The van der Waals surface area contributed by atoms with Gasteiger partial charge in [-0.2, -0.15) is 10.2 Å². The molecule has 3 amide bonds. The van der Waals surface area contributed by atoms with Gasteiger partial charge in [-0.3, -0.25) is 9.59 Å². The summed E-state index contributed by atoms with van der Waals surface area (Å²) in [6, 6.07) is 12.6. The second kappa shape index (κ2) is 14.6. The number of anilines is 2. The van der Waals surface area contributed by atoms with Crippen LogP contribution in [0, 0.1) is 11.8 Å².